The van der Waals surface area contributed by atoms with Crippen LogP contribution in [0.2, 0.25) is 0 Å². The molecule has 12 heteroatoms. The topological polar surface area (TPSA) is 186 Å². The molecular formula is C37H56N6O6. The number of hydrogen-bond donors (Lipinski definition) is 7. The molecule has 0 aliphatic heterocycles. The fourth-order valence-electron chi connectivity index (χ4n) is 6.51. The van der Waals surface area contributed by atoms with E-state index in [-0.39, 0.29) is 56.6 Å². The number of carboxylic acid groups (broad SMARTS) is 1. The Morgan fingerprint density at radius 2 is 1.76 bits per heavy atom. The summed E-state index contributed by atoms with van der Waals surface area (Å²) in [4.78, 5) is 58.8. The SMILES string of the molecule is C=C[C@@H](C[C@H](O)[C@H](CC1CCCCC1)NC(=O)[C@H](Cc1cnc[nH]1)NC(=O)C(CC(=O)NCCNCC(=O)O)Cc1ccccc1)C(C)C. The second-order valence-electron chi connectivity index (χ2n) is 13.7. The van der Waals surface area contributed by atoms with E-state index >= 15 is 0 Å². The van der Waals surface area contributed by atoms with Crippen molar-refractivity contribution in [3.8, 4) is 0 Å². The number of imidazole rings is 1. The van der Waals surface area contributed by atoms with Crippen molar-refractivity contribution in [2.75, 3.05) is 19.6 Å². The molecule has 1 saturated carbocycles. The number of carbonyl (C=O) groups is 4. The second-order valence-corrected chi connectivity index (χ2v) is 13.7. The summed E-state index contributed by atoms with van der Waals surface area (Å²) in [5, 5.41) is 31.8. The molecule has 49 heavy (non-hydrogen) atoms. The zero-order valence-corrected chi connectivity index (χ0v) is 29.0. The number of amides is 3. The Balaban J connectivity index is 1.78. The predicted octanol–water partition coefficient (Wildman–Crippen LogP) is 3.14. The number of allylic oxidation sites excluding steroid dienone is 1. The van der Waals surface area contributed by atoms with Gasteiger partial charge in [-0.1, -0.05) is 82.4 Å². The summed E-state index contributed by atoms with van der Waals surface area (Å²) in [6.07, 6.45) is 11.2. The summed E-state index contributed by atoms with van der Waals surface area (Å²) in [5.74, 6) is -2.23. The number of H-pyrrole nitrogens is 1. The maximum atomic E-state index is 14.1. The number of aliphatic hydroxyl groups is 1. The Labute approximate surface area is 290 Å². The minimum Gasteiger partial charge on any atom is -0.480 e. The number of aromatic amines is 1. The number of carbonyl (C=O) groups excluding carboxylic acids is 3. The van der Waals surface area contributed by atoms with Crippen molar-refractivity contribution in [3.63, 3.8) is 0 Å². The van der Waals surface area contributed by atoms with Gasteiger partial charge in [0.05, 0.1) is 30.9 Å². The van der Waals surface area contributed by atoms with Crippen molar-refractivity contribution >= 4 is 23.7 Å². The van der Waals surface area contributed by atoms with E-state index in [9.17, 15) is 24.3 Å². The number of hydrogen-bond acceptors (Lipinski definition) is 7. The van der Waals surface area contributed by atoms with Gasteiger partial charge in [0.2, 0.25) is 17.7 Å². The number of rotatable bonds is 22. The van der Waals surface area contributed by atoms with Gasteiger partial charge in [-0.15, -0.1) is 6.58 Å². The lowest BCUT2D eigenvalue weighted by atomic mass is 9.81. The van der Waals surface area contributed by atoms with Crippen molar-refractivity contribution in [1.29, 1.82) is 0 Å². The van der Waals surface area contributed by atoms with Crippen LogP contribution < -0.4 is 21.3 Å². The van der Waals surface area contributed by atoms with Crippen molar-refractivity contribution < 1.29 is 29.4 Å². The van der Waals surface area contributed by atoms with E-state index in [1.165, 1.54) is 12.7 Å². The molecule has 5 atom stereocenters. The molecule has 3 amide bonds. The average Bonchev–Trinajstić information content (AvgIpc) is 3.60. The lowest BCUT2D eigenvalue weighted by Crippen LogP contribution is -2.55. The largest absolute Gasteiger partial charge is 0.480 e. The van der Waals surface area contributed by atoms with Crippen LogP contribution in [0.5, 0.6) is 0 Å². The van der Waals surface area contributed by atoms with Gasteiger partial charge in [0.15, 0.2) is 0 Å². The maximum Gasteiger partial charge on any atom is 0.317 e. The van der Waals surface area contributed by atoms with Crippen LogP contribution in [0.4, 0.5) is 0 Å². The molecule has 12 nitrogen and oxygen atoms in total. The van der Waals surface area contributed by atoms with Crippen molar-refractivity contribution in [2.24, 2.45) is 23.7 Å². The second kappa shape index (κ2) is 21.1. The molecule has 270 valence electrons. The number of carboxylic acids is 1. The van der Waals surface area contributed by atoms with Crippen LogP contribution in [0, 0.1) is 23.7 Å². The highest BCUT2D eigenvalue weighted by Crippen LogP contribution is 2.30. The molecule has 3 rings (SSSR count). The van der Waals surface area contributed by atoms with Gasteiger partial charge in [-0.2, -0.15) is 0 Å². The minimum atomic E-state index is -0.994. The van der Waals surface area contributed by atoms with E-state index in [4.69, 9.17) is 5.11 Å². The first-order chi connectivity index (χ1) is 23.5. The molecule has 2 aromatic rings. The van der Waals surface area contributed by atoms with Crippen molar-refractivity contribution in [1.82, 2.24) is 31.2 Å². The molecule has 1 aromatic carbocycles. The van der Waals surface area contributed by atoms with Gasteiger partial charge >= 0.3 is 5.97 Å². The quantitative estimate of drug-likeness (QED) is 0.0730. The van der Waals surface area contributed by atoms with Crippen LogP contribution in [0.3, 0.4) is 0 Å². The summed E-state index contributed by atoms with van der Waals surface area (Å²) in [7, 11) is 0. The van der Waals surface area contributed by atoms with E-state index in [1.54, 1.807) is 6.20 Å². The van der Waals surface area contributed by atoms with Gasteiger partial charge in [-0.25, -0.2) is 4.98 Å². The number of nitrogens with zero attached hydrogens (tertiary/aromatic N) is 1. The summed E-state index contributed by atoms with van der Waals surface area (Å²) in [6.45, 7) is 8.38. The van der Waals surface area contributed by atoms with Crippen LogP contribution in [-0.4, -0.2) is 81.7 Å². The van der Waals surface area contributed by atoms with Crippen LogP contribution in [0.15, 0.2) is 55.5 Å². The molecule has 0 radical (unpaired) electrons. The molecule has 1 fully saturated rings. The zero-order valence-electron chi connectivity index (χ0n) is 29.0. The molecule has 1 heterocycles. The lowest BCUT2D eigenvalue weighted by molar-refractivity contribution is -0.136. The Bertz CT molecular complexity index is 1300. The standard InChI is InChI=1S/C37H56N6O6/c1-4-28(25(2)3)19-33(44)31(18-27-13-9-6-10-14-27)42-37(49)32(21-30-22-39-24-41-30)43-36(48)29(17-26-11-7-5-8-12-26)20-34(45)40-16-15-38-23-35(46)47/h4-5,7-8,11-12,22,24-25,27-29,31-33,38,44H,1,6,9-10,13-21,23H2,2-3H3,(H,39,41)(H,40,45)(H,42,49)(H,43,48)(H,46,47)/t28-,29?,31-,32-,33-/m0/s1. The summed E-state index contributed by atoms with van der Waals surface area (Å²) >= 11 is 0. The number of aromatic nitrogens is 2. The van der Waals surface area contributed by atoms with E-state index in [2.05, 4.69) is 51.7 Å². The van der Waals surface area contributed by atoms with Crippen LogP contribution in [0.25, 0.3) is 0 Å². The third-order valence-electron chi connectivity index (χ3n) is 9.42. The molecule has 0 bridgehead atoms. The van der Waals surface area contributed by atoms with Gasteiger partial charge in [-0.3, -0.25) is 19.2 Å². The third kappa shape index (κ3) is 14.5. The molecule has 0 saturated heterocycles. The molecule has 1 aliphatic rings. The summed E-state index contributed by atoms with van der Waals surface area (Å²) in [6, 6.07) is 7.87. The van der Waals surface area contributed by atoms with Crippen LogP contribution >= 0.6 is 0 Å². The third-order valence-corrected chi connectivity index (χ3v) is 9.42. The zero-order chi connectivity index (χ0) is 35.6. The molecule has 0 spiro atoms. The summed E-state index contributed by atoms with van der Waals surface area (Å²) < 4.78 is 0. The first-order valence-electron chi connectivity index (χ1n) is 17.7. The van der Waals surface area contributed by atoms with E-state index in [0.29, 0.717) is 24.5 Å². The van der Waals surface area contributed by atoms with Gasteiger partial charge < -0.3 is 36.5 Å². The van der Waals surface area contributed by atoms with Gasteiger partial charge in [0.1, 0.15) is 6.04 Å². The predicted molar refractivity (Wildman–Crippen MR) is 188 cm³/mol. The number of nitrogens with one attached hydrogen (secondary N) is 5. The monoisotopic (exact) mass is 680 g/mol. The summed E-state index contributed by atoms with van der Waals surface area (Å²) in [5.41, 5.74) is 1.52. The molecule has 1 aliphatic carbocycles. The number of benzene rings is 1. The van der Waals surface area contributed by atoms with Crippen molar-refractivity contribution in [3.05, 3.63) is 66.8 Å². The maximum absolute atomic E-state index is 14.1. The highest BCUT2D eigenvalue weighted by Gasteiger charge is 2.33. The van der Waals surface area contributed by atoms with Gasteiger partial charge in [0.25, 0.3) is 0 Å². The highest BCUT2D eigenvalue weighted by atomic mass is 16.4. The first kappa shape index (κ1) is 39.4. The fourth-order valence-corrected chi connectivity index (χ4v) is 6.51. The van der Waals surface area contributed by atoms with Gasteiger partial charge in [0, 0.05) is 37.8 Å². The molecule has 1 aromatic heterocycles. The highest BCUT2D eigenvalue weighted by molar-refractivity contribution is 5.91. The Kier molecular flexibility index (Phi) is 17.0. The van der Waals surface area contributed by atoms with E-state index in [1.807, 2.05) is 36.4 Å². The number of aliphatic hydroxyl groups excluding tert-OH is 1. The Morgan fingerprint density at radius 1 is 1.02 bits per heavy atom. The van der Waals surface area contributed by atoms with E-state index in [0.717, 1.165) is 31.2 Å². The normalized spacial score (nSPS) is 16.6. The molecule has 1 unspecified atom stereocenters. The Hall–Kier alpha value is -4.03. The molecular weight excluding hydrogens is 624 g/mol. The van der Waals surface area contributed by atoms with E-state index < -0.39 is 41.9 Å². The van der Waals surface area contributed by atoms with Gasteiger partial charge in [-0.05, 0) is 42.6 Å². The van der Waals surface area contributed by atoms with Crippen molar-refractivity contribution in [2.45, 2.75) is 96.2 Å². The average molecular weight is 681 g/mol. The smallest absolute Gasteiger partial charge is 0.317 e. The lowest BCUT2D eigenvalue weighted by Gasteiger charge is -2.33. The Morgan fingerprint density at radius 3 is 2.39 bits per heavy atom. The molecule has 7 N–H and O–H groups in total. The number of aliphatic carboxylic acids is 1. The fraction of sp³-hybridized carbons (Fsp3) is 0.595. The van der Waals surface area contributed by atoms with Crippen LogP contribution in [-0.2, 0) is 32.0 Å². The first-order valence-corrected chi connectivity index (χ1v) is 17.7. The van der Waals surface area contributed by atoms with Crippen LogP contribution in [0.1, 0.15) is 76.5 Å². The minimum absolute atomic E-state index is 0.0825.